The van der Waals surface area contributed by atoms with Crippen LogP contribution in [0.3, 0.4) is 0 Å². The summed E-state index contributed by atoms with van der Waals surface area (Å²) in [6.07, 6.45) is 35.2. The van der Waals surface area contributed by atoms with Crippen LogP contribution in [0, 0.1) is 29.6 Å². The van der Waals surface area contributed by atoms with E-state index < -0.39 is 0 Å². The van der Waals surface area contributed by atoms with Crippen molar-refractivity contribution in [3.05, 3.63) is 0 Å². The Hall–Kier alpha value is 0. The minimum absolute atomic E-state index is 0.885. The van der Waals surface area contributed by atoms with E-state index in [9.17, 15) is 0 Å². The van der Waals surface area contributed by atoms with Crippen molar-refractivity contribution < 1.29 is 0 Å². The smallest absolute Gasteiger partial charge is 0.0443 e. The molecule has 0 bridgehead atoms. The lowest BCUT2D eigenvalue weighted by atomic mass is 9.94. The van der Waals surface area contributed by atoms with Crippen LogP contribution < -0.4 is 0 Å². The molecule has 0 spiro atoms. The van der Waals surface area contributed by atoms with E-state index in [0.717, 1.165) is 29.6 Å². The van der Waals surface area contributed by atoms with Crippen molar-refractivity contribution in [1.29, 1.82) is 0 Å². The van der Waals surface area contributed by atoms with Gasteiger partial charge in [-0.1, -0.05) is 203 Å². The highest BCUT2D eigenvalue weighted by Crippen LogP contribution is 2.22. The molecule has 0 aliphatic rings. The Morgan fingerprint density at radius 3 is 0.611 bits per heavy atom. The topological polar surface area (TPSA) is 0 Å². The van der Waals surface area contributed by atoms with Crippen molar-refractivity contribution in [1.82, 2.24) is 0 Å². The monoisotopic (exact) mass is 507 g/mol. The van der Waals surface area contributed by atoms with E-state index in [1.165, 1.54) is 154 Å². The van der Waals surface area contributed by atoms with E-state index in [1.807, 2.05) is 0 Å². The fraction of sp³-hybridized carbons (Fsp3) is 1.00. The molecule has 0 aromatic carbocycles. The summed E-state index contributed by atoms with van der Waals surface area (Å²) in [7, 11) is 0. The summed E-state index contributed by atoms with van der Waals surface area (Å²) in [5.74, 6) is 4.64. The van der Waals surface area contributed by atoms with Gasteiger partial charge in [-0.05, 0) is 29.6 Å². The lowest BCUT2D eigenvalue weighted by Crippen LogP contribution is -1.97. The van der Waals surface area contributed by atoms with Gasteiger partial charge in [-0.2, -0.15) is 0 Å². The standard InChI is InChI=1S/C36H74/c1-32(2)24-20-22-30-35(6)28-17-13-10-8-9-12-16-26-34(5)27-18-14-11-15-19-29-36(7)31-23-21-25-33(3)4/h32-36H,8-31H2,1-7H3. The van der Waals surface area contributed by atoms with Crippen LogP contribution in [-0.4, -0.2) is 0 Å². The lowest BCUT2D eigenvalue weighted by Gasteiger charge is -2.13. The summed E-state index contributed by atoms with van der Waals surface area (Å²) in [5.41, 5.74) is 0. The molecule has 3 atom stereocenters. The molecule has 36 heavy (non-hydrogen) atoms. The Bertz CT molecular complexity index is 408. The van der Waals surface area contributed by atoms with Crippen molar-refractivity contribution in [2.45, 2.75) is 203 Å². The average molecular weight is 507 g/mol. The molecule has 0 heteroatoms. The second-order valence-electron chi connectivity index (χ2n) is 14.1. The van der Waals surface area contributed by atoms with Gasteiger partial charge in [0, 0.05) is 0 Å². The number of rotatable bonds is 28. The molecule has 3 unspecified atom stereocenters. The SMILES string of the molecule is CC(C)CCCCC(C)CCCCCCCCCC(C)CCCCCCCC(C)CCCCC(C)C. The van der Waals surface area contributed by atoms with Crippen molar-refractivity contribution >= 4 is 0 Å². The third-order valence-electron chi connectivity index (χ3n) is 8.74. The summed E-state index contributed by atoms with van der Waals surface area (Å²) in [6.45, 7) is 16.9. The van der Waals surface area contributed by atoms with Gasteiger partial charge in [-0.15, -0.1) is 0 Å². The quantitative estimate of drug-likeness (QED) is 0.0925. The Morgan fingerprint density at radius 2 is 0.389 bits per heavy atom. The Kier molecular flexibility index (Phi) is 26.6. The van der Waals surface area contributed by atoms with Crippen molar-refractivity contribution in [2.75, 3.05) is 0 Å². The van der Waals surface area contributed by atoms with Gasteiger partial charge in [0.15, 0.2) is 0 Å². The van der Waals surface area contributed by atoms with Gasteiger partial charge < -0.3 is 0 Å². The second kappa shape index (κ2) is 26.6. The molecule has 0 rings (SSSR count). The first-order valence-electron chi connectivity index (χ1n) is 17.3. The fourth-order valence-corrected chi connectivity index (χ4v) is 5.91. The molecule has 0 saturated carbocycles. The molecule has 0 fully saturated rings. The zero-order valence-corrected chi connectivity index (χ0v) is 26.9. The van der Waals surface area contributed by atoms with Gasteiger partial charge in [0.25, 0.3) is 0 Å². The Balaban J connectivity index is 3.32. The molecule has 0 aliphatic carbocycles. The molecule has 218 valence electrons. The maximum Gasteiger partial charge on any atom is -0.0443 e. The molecule has 0 amide bonds. The van der Waals surface area contributed by atoms with Crippen LogP contribution in [0.25, 0.3) is 0 Å². The van der Waals surface area contributed by atoms with Crippen LogP contribution in [0.4, 0.5) is 0 Å². The highest BCUT2D eigenvalue weighted by atomic mass is 14.1. The average Bonchev–Trinajstić information content (AvgIpc) is 2.82. The van der Waals surface area contributed by atoms with Crippen LogP contribution in [-0.2, 0) is 0 Å². The maximum atomic E-state index is 2.50. The molecule has 0 saturated heterocycles. The van der Waals surface area contributed by atoms with Gasteiger partial charge in [-0.25, -0.2) is 0 Å². The minimum Gasteiger partial charge on any atom is -0.0628 e. The molecule has 0 aliphatic heterocycles. The van der Waals surface area contributed by atoms with Gasteiger partial charge in [0.2, 0.25) is 0 Å². The van der Waals surface area contributed by atoms with Crippen LogP contribution >= 0.6 is 0 Å². The van der Waals surface area contributed by atoms with E-state index in [-0.39, 0.29) is 0 Å². The van der Waals surface area contributed by atoms with Crippen molar-refractivity contribution in [2.24, 2.45) is 29.6 Å². The maximum absolute atomic E-state index is 2.50. The lowest BCUT2D eigenvalue weighted by molar-refractivity contribution is 0.411. The summed E-state index contributed by atoms with van der Waals surface area (Å²) < 4.78 is 0. The molecular formula is C36H74. The van der Waals surface area contributed by atoms with Gasteiger partial charge >= 0.3 is 0 Å². The second-order valence-corrected chi connectivity index (χ2v) is 14.1. The zero-order valence-electron chi connectivity index (χ0n) is 26.9. The Labute approximate surface area is 232 Å². The highest BCUT2D eigenvalue weighted by molar-refractivity contribution is 4.59. The summed E-state index contributed by atoms with van der Waals surface area (Å²) >= 11 is 0. The van der Waals surface area contributed by atoms with E-state index in [0.29, 0.717) is 0 Å². The van der Waals surface area contributed by atoms with E-state index >= 15 is 0 Å². The van der Waals surface area contributed by atoms with Crippen LogP contribution in [0.2, 0.25) is 0 Å². The number of hydrogen-bond donors (Lipinski definition) is 0. The fourth-order valence-electron chi connectivity index (χ4n) is 5.91. The summed E-state index contributed by atoms with van der Waals surface area (Å²) in [4.78, 5) is 0. The minimum atomic E-state index is 0.885. The predicted molar refractivity (Wildman–Crippen MR) is 168 cm³/mol. The molecule has 0 radical (unpaired) electrons. The van der Waals surface area contributed by atoms with Crippen molar-refractivity contribution in [3.63, 3.8) is 0 Å². The van der Waals surface area contributed by atoms with E-state index in [4.69, 9.17) is 0 Å². The van der Waals surface area contributed by atoms with Gasteiger partial charge in [0.1, 0.15) is 0 Å². The summed E-state index contributed by atoms with van der Waals surface area (Å²) in [6, 6.07) is 0. The largest absolute Gasteiger partial charge is 0.0628 e. The van der Waals surface area contributed by atoms with Crippen LogP contribution in [0.1, 0.15) is 203 Å². The predicted octanol–water partition coefficient (Wildman–Crippen LogP) is 13.6. The zero-order chi connectivity index (χ0) is 26.9. The van der Waals surface area contributed by atoms with Crippen LogP contribution in [0.5, 0.6) is 0 Å². The molecule has 0 heterocycles. The molecular weight excluding hydrogens is 432 g/mol. The first kappa shape index (κ1) is 36.0. The molecule has 0 N–H and O–H groups in total. The first-order chi connectivity index (χ1) is 17.3. The molecule has 0 nitrogen and oxygen atoms in total. The highest BCUT2D eigenvalue weighted by Gasteiger charge is 2.05. The van der Waals surface area contributed by atoms with Gasteiger partial charge in [0.05, 0.1) is 0 Å². The first-order valence-corrected chi connectivity index (χ1v) is 17.3. The van der Waals surface area contributed by atoms with Gasteiger partial charge in [-0.3, -0.25) is 0 Å². The third-order valence-corrected chi connectivity index (χ3v) is 8.74. The Morgan fingerprint density at radius 1 is 0.222 bits per heavy atom. The van der Waals surface area contributed by atoms with Crippen molar-refractivity contribution in [3.8, 4) is 0 Å². The third kappa shape index (κ3) is 28.6. The summed E-state index contributed by atoms with van der Waals surface area (Å²) in [5, 5.41) is 0. The molecule has 0 aromatic heterocycles. The van der Waals surface area contributed by atoms with E-state index in [2.05, 4.69) is 48.5 Å². The molecule has 0 aromatic rings. The normalized spacial score (nSPS) is 14.6. The number of unbranched alkanes of at least 4 members (excludes halogenated alkanes) is 12. The van der Waals surface area contributed by atoms with Crippen LogP contribution in [0.15, 0.2) is 0 Å². The van der Waals surface area contributed by atoms with E-state index in [1.54, 1.807) is 0 Å². The number of hydrogen-bond acceptors (Lipinski definition) is 0.